The molecule has 70 valence electrons. The first kappa shape index (κ1) is 5.53. The highest BCUT2D eigenvalue weighted by molar-refractivity contribution is 5.66. The van der Waals surface area contributed by atoms with Crippen molar-refractivity contribution < 1.29 is 29.3 Å². The Hall–Kier alpha value is -1.10. The lowest BCUT2D eigenvalue weighted by atomic mass is 10.7. The lowest BCUT2D eigenvalue weighted by Crippen LogP contribution is -2.11. The number of esters is 2. The maximum atomic E-state index is 10.5. The van der Waals surface area contributed by atoms with Crippen LogP contribution >= 0.6 is 0 Å². The highest BCUT2D eigenvalue weighted by atomic mass is 16.7. The standard InChI is InChI=1S/C7H12O5/c1-6(8)11-4-3-10-5-12-7(2)9/h3-5H2,1-2H3/i3D2,4D2. The summed E-state index contributed by atoms with van der Waals surface area (Å²) in [5.74, 6) is -1.70. The summed E-state index contributed by atoms with van der Waals surface area (Å²) in [6.07, 6.45) is 0. The van der Waals surface area contributed by atoms with Gasteiger partial charge in [0.25, 0.3) is 0 Å². The van der Waals surface area contributed by atoms with Crippen LogP contribution in [0, 0.1) is 0 Å². The van der Waals surface area contributed by atoms with Crippen molar-refractivity contribution in [3.8, 4) is 0 Å². The second kappa shape index (κ2) is 6.60. The molecular formula is C7H12O5. The van der Waals surface area contributed by atoms with Gasteiger partial charge in [0.1, 0.15) is 6.56 Å². The molecule has 0 bridgehead atoms. The van der Waals surface area contributed by atoms with Gasteiger partial charge in [-0.1, -0.05) is 0 Å². The fraction of sp³-hybridized carbons (Fsp3) is 0.714. The minimum atomic E-state index is -2.97. The first-order chi connectivity index (χ1) is 7.08. The maximum Gasteiger partial charge on any atom is 0.304 e. The second-order valence-corrected chi connectivity index (χ2v) is 1.70. The molecule has 0 aromatic heterocycles. The molecule has 0 aromatic carbocycles. The number of hydrogen-bond acceptors (Lipinski definition) is 5. The molecule has 0 spiro atoms. The van der Waals surface area contributed by atoms with Gasteiger partial charge in [-0.05, 0) is 0 Å². The van der Waals surface area contributed by atoms with E-state index in [4.69, 9.17) is 5.48 Å². The summed E-state index contributed by atoms with van der Waals surface area (Å²) in [6.45, 7) is -4.66. The molecule has 0 N–H and O–H groups in total. The average Bonchev–Trinajstić information content (AvgIpc) is 1.99. The molecule has 0 atom stereocenters. The van der Waals surface area contributed by atoms with Crippen molar-refractivity contribution in [3.63, 3.8) is 0 Å². The van der Waals surface area contributed by atoms with Crippen molar-refractivity contribution >= 4 is 11.9 Å². The molecule has 0 saturated heterocycles. The van der Waals surface area contributed by atoms with E-state index >= 15 is 0 Å². The highest BCUT2D eigenvalue weighted by Gasteiger charge is 1.94. The Bertz CT molecular complexity index is 278. The van der Waals surface area contributed by atoms with Crippen molar-refractivity contribution in [1.82, 2.24) is 0 Å². The minimum Gasteiger partial charge on any atom is -0.463 e. The van der Waals surface area contributed by atoms with Crippen LogP contribution in [0.3, 0.4) is 0 Å². The van der Waals surface area contributed by atoms with E-state index in [-0.39, 0.29) is 0 Å². The van der Waals surface area contributed by atoms with E-state index in [9.17, 15) is 9.59 Å². The SMILES string of the molecule is [2H]C([2H])(OCOC(C)=O)C([2H])([2H])OC(C)=O. The summed E-state index contributed by atoms with van der Waals surface area (Å²) in [7, 11) is 0. The molecule has 0 heterocycles. The van der Waals surface area contributed by atoms with Crippen LogP contribution in [0.25, 0.3) is 0 Å². The van der Waals surface area contributed by atoms with Crippen LogP contribution in [0.2, 0.25) is 0 Å². The Labute approximate surface area is 76.2 Å². The second-order valence-electron chi connectivity index (χ2n) is 1.70. The van der Waals surface area contributed by atoms with Crippen LogP contribution in [0.4, 0.5) is 0 Å². The van der Waals surface area contributed by atoms with Gasteiger partial charge in [0.05, 0.1) is 12.0 Å². The topological polar surface area (TPSA) is 61.8 Å². The van der Waals surface area contributed by atoms with E-state index < -0.39 is 31.8 Å². The zero-order valence-electron chi connectivity index (χ0n) is 10.7. The van der Waals surface area contributed by atoms with E-state index in [0.717, 1.165) is 13.8 Å². The number of ether oxygens (including phenoxy) is 3. The van der Waals surface area contributed by atoms with Gasteiger partial charge in [-0.2, -0.15) is 0 Å². The van der Waals surface area contributed by atoms with Crippen molar-refractivity contribution in [1.29, 1.82) is 0 Å². The van der Waals surface area contributed by atoms with Gasteiger partial charge in [0.15, 0.2) is 6.79 Å². The maximum absolute atomic E-state index is 10.5. The Morgan fingerprint density at radius 3 is 2.25 bits per heavy atom. The molecule has 12 heavy (non-hydrogen) atoms. The Balaban J connectivity index is 4.39. The van der Waals surface area contributed by atoms with Gasteiger partial charge in [-0.25, -0.2) is 0 Å². The zero-order chi connectivity index (χ0) is 13.0. The monoisotopic (exact) mass is 180 g/mol. The van der Waals surface area contributed by atoms with Crippen LogP contribution in [0.1, 0.15) is 19.3 Å². The van der Waals surface area contributed by atoms with Crippen LogP contribution in [-0.2, 0) is 23.8 Å². The average molecular weight is 180 g/mol. The molecule has 0 aromatic rings. The van der Waals surface area contributed by atoms with Crippen molar-refractivity contribution in [2.75, 3.05) is 19.9 Å². The number of rotatable bonds is 5. The van der Waals surface area contributed by atoms with Crippen LogP contribution < -0.4 is 0 Å². The molecule has 5 nitrogen and oxygen atoms in total. The van der Waals surface area contributed by atoms with E-state index in [2.05, 4.69) is 14.2 Å². The first-order valence-corrected chi connectivity index (χ1v) is 3.05. The molecule has 0 unspecified atom stereocenters. The molecule has 0 fully saturated rings. The molecule has 0 aliphatic carbocycles. The third-order valence-corrected chi connectivity index (χ3v) is 0.630. The van der Waals surface area contributed by atoms with Gasteiger partial charge in [-0.3, -0.25) is 9.59 Å². The van der Waals surface area contributed by atoms with E-state index in [1.807, 2.05) is 0 Å². The predicted octanol–water partition coefficient (Wildman–Crippen LogP) is 0.0867. The summed E-state index contributed by atoms with van der Waals surface area (Å²) in [5.41, 5.74) is 0. The van der Waals surface area contributed by atoms with Crippen molar-refractivity contribution in [2.45, 2.75) is 13.8 Å². The molecule has 0 radical (unpaired) electrons. The number of hydrogen-bond donors (Lipinski definition) is 0. The summed E-state index contributed by atoms with van der Waals surface area (Å²) in [5, 5.41) is 0. The fourth-order valence-electron chi connectivity index (χ4n) is 0.264. The molecule has 0 rings (SSSR count). The normalized spacial score (nSPS) is 16.5. The van der Waals surface area contributed by atoms with Gasteiger partial charge >= 0.3 is 11.9 Å². The quantitative estimate of drug-likeness (QED) is 0.443. The molecule has 0 amide bonds. The van der Waals surface area contributed by atoms with Crippen LogP contribution in [0.15, 0.2) is 0 Å². The van der Waals surface area contributed by atoms with Crippen molar-refractivity contribution in [2.24, 2.45) is 0 Å². The lowest BCUT2D eigenvalue weighted by Gasteiger charge is -2.03. The minimum absolute atomic E-state index is 0.705. The van der Waals surface area contributed by atoms with Crippen LogP contribution in [-0.4, -0.2) is 31.8 Å². The van der Waals surface area contributed by atoms with Gasteiger partial charge < -0.3 is 14.2 Å². The highest BCUT2D eigenvalue weighted by Crippen LogP contribution is 1.81. The fourth-order valence-corrected chi connectivity index (χ4v) is 0.264. The Kier molecular flexibility index (Phi) is 3.04. The smallest absolute Gasteiger partial charge is 0.304 e. The van der Waals surface area contributed by atoms with E-state index in [1.54, 1.807) is 0 Å². The predicted molar refractivity (Wildman–Crippen MR) is 39.2 cm³/mol. The zero-order valence-corrected chi connectivity index (χ0v) is 6.75. The van der Waals surface area contributed by atoms with Gasteiger partial charge in [0, 0.05) is 13.8 Å². The Morgan fingerprint density at radius 1 is 1.17 bits per heavy atom. The van der Waals surface area contributed by atoms with Crippen LogP contribution in [0.5, 0.6) is 0 Å². The van der Waals surface area contributed by atoms with E-state index in [1.165, 1.54) is 0 Å². The molecule has 0 aliphatic heterocycles. The molecule has 0 saturated carbocycles. The number of carbonyl (C=O) groups excluding carboxylic acids is 2. The third-order valence-electron chi connectivity index (χ3n) is 0.630. The van der Waals surface area contributed by atoms with Crippen molar-refractivity contribution in [3.05, 3.63) is 0 Å². The largest absolute Gasteiger partial charge is 0.463 e. The molecule has 5 heteroatoms. The van der Waals surface area contributed by atoms with Gasteiger partial charge in [-0.15, -0.1) is 0 Å². The summed E-state index contributed by atoms with van der Waals surface area (Å²) >= 11 is 0. The molecule has 0 aliphatic rings. The number of carbonyl (C=O) groups is 2. The van der Waals surface area contributed by atoms with E-state index in [0.29, 0.717) is 0 Å². The molecular weight excluding hydrogens is 164 g/mol. The van der Waals surface area contributed by atoms with Gasteiger partial charge in [0.2, 0.25) is 0 Å². The summed E-state index contributed by atoms with van der Waals surface area (Å²) in [4.78, 5) is 20.9. The lowest BCUT2D eigenvalue weighted by molar-refractivity contribution is -0.157. The first-order valence-electron chi connectivity index (χ1n) is 5.05. The Morgan fingerprint density at radius 2 is 1.75 bits per heavy atom. The third kappa shape index (κ3) is 8.90. The summed E-state index contributed by atoms with van der Waals surface area (Å²) in [6, 6.07) is 0. The summed E-state index contributed by atoms with van der Waals surface area (Å²) < 4.78 is 41.3.